The van der Waals surface area contributed by atoms with Gasteiger partial charge in [-0.15, -0.1) is 0 Å². The first-order chi connectivity index (χ1) is 10.2. The van der Waals surface area contributed by atoms with Gasteiger partial charge in [0.2, 0.25) is 0 Å². The van der Waals surface area contributed by atoms with Crippen LogP contribution in [0.2, 0.25) is 0 Å². The third kappa shape index (κ3) is 6.62. The summed E-state index contributed by atoms with van der Waals surface area (Å²) in [6.45, 7) is 0.909. The molecule has 0 aliphatic carbocycles. The highest BCUT2D eigenvalue weighted by atomic mass is 16.5. The van der Waals surface area contributed by atoms with Crippen LogP contribution < -0.4 is 16.0 Å². The molecule has 120 valence electrons. The summed E-state index contributed by atoms with van der Waals surface area (Å²) in [5.41, 5.74) is 5.36. The summed E-state index contributed by atoms with van der Waals surface area (Å²) in [6.07, 6.45) is 8.81. The van der Waals surface area contributed by atoms with Crippen LogP contribution in [-0.4, -0.2) is 28.4 Å². The summed E-state index contributed by atoms with van der Waals surface area (Å²) < 4.78 is 6.62. The molecule has 0 fully saturated rings. The lowest BCUT2D eigenvalue weighted by Gasteiger charge is -2.10. The number of nitrogens with two attached hydrogens (primary N) is 1. The van der Waals surface area contributed by atoms with Gasteiger partial charge in [-0.2, -0.15) is 4.98 Å². The average molecular weight is 297 g/mol. The Balaban J connectivity index is 2.23. The lowest BCUT2D eigenvalue weighted by atomic mass is 10.1. The largest absolute Gasteiger partial charge is 0.468 e. The van der Waals surface area contributed by atoms with E-state index in [2.05, 4.69) is 4.98 Å². The molecule has 0 saturated carbocycles. The average Bonchev–Trinajstić information content (AvgIpc) is 2.46. The number of aliphatic hydroxyl groups excluding tert-OH is 1. The number of hydrogen-bond acceptors (Lipinski definition) is 5. The normalized spacial score (nSPS) is 10.8. The lowest BCUT2D eigenvalue weighted by molar-refractivity contribution is 0.282. The van der Waals surface area contributed by atoms with Gasteiger partial charge in [-0.3, -0.25) is 9.36 Å². The predicted molar refractivity (Wildman–Crippen MR) is 83.5 cm³/mol. The Bertz CT molecular complexity index is 460. The van der Waals surface area contributed by atoms with Gasteiger partial charge in [0.1, 0.15) is 5.82 Å². The maximum atomic E-state index is 11.8. The van der Waals surface area contributed by atoms with Crippen LogP contribution >= 0.6 is 0 Å². The second-order valence-electron chi connectivity index (χ2n) is 5.21. The molecule has 1 aromatic heterocycles. The van der Waals surface area contributed by atoms with Gasteiger partial charge in [-0.05, 0) is 12.8 Å². The molecule has 0 aliphatic heterocycles. The number of anilines is 1. The quantitative estimate of drug-likeness (QED) is 0.609. The van der Waals surface area contributed by atoms with Gasteiger partial charge in [0.15, 0.2) is 0 Å². The van der Waals surface area contributed by atoms with Crippen LogP contribution in [0.3, 0.4) is 0 Å². The molecule has 0 radical (unpaired) electrons. The van der Waals surface area contributed by atoms with Crippen molar-refractivity contribution >= 4 is 5.82 Å². The van der Waals surface area contributed by atoms with Crippen LogP contribution in [-0.2, 0) is 6.54 Å². The molecule has 0 spiro atoms. The van der Waals surface area contributed by atoms with E-state index in [0.29, 0.717) is 13.2 Å². The van der Waals surface area contributed by atoms with E-state index in [1.165, 1.54) is 43.4 Å². The van der Waals surface area contributed by atoms with Crippen LogP contribution in [0, 0.1) is 0 Å². The number of aliphatic hydroxyl groups is 1. The molecule has 6 heteroatoms. The molecular formula is C15H27N3O3. The molecule has 0 unspecified atom stereocenters. The highest BCUT2D eigenvalue weighted by Crippen LogP contribution is 2.11. The maximum absolute atomic E-state index is 11.8. The second kappa shape index (κ2) is 10.2. The van der Waals surface area contributed by atoms with Gasteiger partial charge in [-0.1, -0.05) is 38.5 Å². The Morgan fingerprint density at radius 1 is 1.14 bits per heavy atom. The Hall–Kier alpha value is -1.56. The summed E-state index contributed by atoms with van der Waals surface area (Å²) in [4.78, 5) is 15.8. The van der Waals surface area contributed by atoms with Crippen LogP contribution in [0.25, 0.3) is 0 Å². The van der Waals surface area contributed by atoms with Gasteiger partial charge < -0.3 is 15.6 Å². The van der Waals surface area contributed by atoms with Crippen molar-refractivity contribution in [1.82, 2.24) is 9.55 Å². The fourth-order valence-electron chi connectivity index (χ4n) is 2.31. The number of methoxy groups -OCH3 is 1. The van der Waals surface area contributed by atoms with Crippen molar-refractivity contribution < 1.29 is 9.84 Å². The smallest absolute Gasteiger partial charge is 0.300 e. The van der Waals surface area contributed by atoms with Crippen molar-refractivity contribution in [3.05, 3.63) is 16.4 Å². The molecule has 3 N–H and O–H groups in total. The monoisotopic (exact) mass is 297 g/mol. The van der Waals surface area contributed by atoms with E-state index < -0.39 is 0 Å². The van der Waals surface area contributed by atoms with Crippen molar-refractivity contribution in [3.8, 4) is 6.01 Å². The highest BCUT2D eigenvalue weighted by Gasteiger charge is 2.07. The molecule has 1 heterocycles. The topological polar surface area (TPSA) is 90.4 Å². The summed E-state index contributed by atoms with van der Waals surface area (Å²) in [5.74, 6) is 0.191. The zero-order valence-electron chi connectivity index (χ0n) is 12.9. The van der Waals surface area contributed by atoms with Crippen molar-refractivity contribution in [2.45, 2.75) is 57.9 Å². The molecule has 0 aliphatic rings. The van der Waals surface area contributed by atoms with Crippen molar-refractivity contribution in [1.29, 1.82) is 0 Å². The minimum absolute atomic E-state index is 0.164. The van der Waals surface area contributed by atoms with Crippen LogP contribution in [0.5, 0.6) is 6.01 Å². The third-order valence-electron chi connectivity index (χ3n) is 3.47. The van der Waals surface area contributed by atoms with Gasteiger partial charge in [0, 0.05) is 19.2 Å². The minimum Gasteiger partial charge on any atom is -0.468 e. The van der Waals surface area contributed by atoms with Gasteiger partial charge >= 0.3 is 6.01 Å². The molecule has 0 aromatic carbocycles. The first kappa shape index (κ1) is 17.5. The van der Waals surface area contributed by atoms with E-state index in [1.807, 2.05) is 0 Å². The predicted octanol–water partition coefficient (Wildman–Crippen LogP) is 1.95. The summed E-state index contributed by atoms with van der Waals surface area (Å²) >= 11 is 0. The minimum atomic E-state index is -0.164. The van der Waals surface area contributed by atoms with E-state index in [1.54, 1.807) is 0 Å². The molecular weight excluding hydrogens is 270 g/mol. The van der Waals surface area contributed by atoms with E-state index in [4.69, 9.17) is 15.6 Å². The summed E-state index contributed by atoms with van der Waals surface area (Å²) in [5, 5.41) is 8.68. The Morgan fingerprint density at radius 2 is 1.71 bits per heavy atom. The van der Waals surface area contributed by atoms with Crippen LogP contribution in [0.4, 0.5) is 5.82 Å². The van der Waals surface area contributed by atoms with E-state index in [9.17, 15) is 4.79 Å². The molecule has 0 atom stereocenters. The molecule has 0 amide bonds. The van der Waals surface area contributed by atoms with E-state index in [-0.39, 0.29) is 17.4 Å². The number of aromatic nitrogens is 2. The first-order valence-electron chi connectivity index (χ1n) is 7.71. The zero-order chi connectivity index (χ0) is 15.5. The fourth-order valence-corrected chi connectivity index (χ4v) is 2.31. The molecule has 21 heavy (non-hydrogen) atoms. The third-order valence-corrected chi connectivity index (χ3v) is 3.47. The Kier molecular flexibility index (Phi) is 8.50. The van der Waals surface area contributed by atoms with Gasteiger partial charge in [0.25, 0.3) is 5.56 Å². The highest BCUT2D eigenvalue weighted by molar-refractivity contribution is 5.27. The Labute approximate surface area is 126 Å². The molecule has 1 rings (SSSR count). The fraction of sp³-hybridized carbons (Fsp3) is 0.733. The standard InChI is InChI=1S/C15H27N3O3/c1-21-15-17-13(16)12-14(20)18(15)10-8-6-4-2-3-5-7-9-11-19/h12,19H,2-11,16H2,1H3. The molecule has 0 bridgehead atoms. The van der Waals surface area contributed by atoms with E-state index in [0.717, 1.165) is 25.7 Å². The van der Waals surface area contributed by atoms with Gasteiger partial charge in [-0.25, -0.2) is 0 Å². The van der Waals surface area contributed by atoms with Crippen LogP contribution in [0.15, 0.2) is 10.9 Å². The maximum Gasteiger partial charge on any atom is 0.300 e. The number of ether oxygens (including phenoxy) is 1. The second-order valence-corrected chi connectivity index (χ2v) is 5.21. The van der Waals surface area contributed by atoms with Crippen molar-refractivity contribution in [3.63, 3.8) is 0 Å². The lowest BCUT2D eigenvalue weighted by Crippen LogP contribution is -2.23. The molecule has 0 saturated heterocycles. The van der Waals surface area contributed by atoms with Gasteiger partial charge in [0.05, 0.1) is 7.11 Å². The number of nitrogens with zero attached hydrogens (tertiary/aromatic N) is 2. The zero-order valence-corrected chi connectivity index (χ0v) is 12.9. The summed E-state index contributed by atoms with van der Waals surface area (Å²) in [7, 11) is 1.49. The summed E-state index contributed by atoms with van der Waals surface area (Å²) in [6, 6.07) is 1.60. The van der Waals surface area contributed by atoms with Crippen molar-refractivity contribution in [2.75, 3.05) is 19.5 Å². The molecule has 6 nitrogen and oxygen atoms in total. The number of rotatable bonds is 11. The van der Waals surface area contributed by atoms with E-state index >= 15 is 0 Å². The Morgan fingerprint density at radius 3 is 2.29 bits per heavy atom. The van der Waals surface area contributed by atoms with Crippen LogP contribution in [0.1, 0.15) is 51.4 Å². The molecule has 1 aromatic rings. The number of nitrogen functional groups attached to an aromatic ring is 1. The SMILES string of the molecule is COc1nc(N)cc(=O)n1CCCCCCCCCCO. The number of unbranched alkanes of at least 4 members (excludes halogenated alkanes) is 7. The first-order valence-corrected chi connectivity index (χ1v) is 7.71. The van der Waals surface area contributed by atoms with Crippen molar-refractivity contribution in [2.24, 2.45) is 0 Å². The number of hydrogen-bond donors (Lipinski definition) is 2.